The first kappa shape index (κ1) is 16.3. The molecule has 118 valence electrons. The molecule has 4 heteroatoms. The van der Waals surface area contributed by atoms with Gasteiger partial charge in [0.25, 0.3) is 0 Å². The summed E-state index contributed by atoms with van der Waals surface area (Å²) < 4.78 is 5.07. The van der Waals surface area contributed by atoms with Crippen molar-refractivity contribution in [1.29, 1.82) is 0 Å². The highest BCUT2D eigenvalue weighted by molar-refractivity contribution is 5.97. The molecular weight excluding hydrogens is 278 g/mol. The van der Waals surface area contributed by atoms with Gasteiger partial charge in [-0.05, 0) is 38.3 Å². The third-order valence-electron chi connectivity index (χ3n) is 3.85. The van der Waals surface area contributed by atoms with Crippen molar-refractivity contribution >= 4 is 18.0 Å². The highest BCUT2D eigenvalue weighted by atomic mass is 16.5. The Labute approximate surface area is 131 Å². The minimum atomic E-state index is -0.192. The van der Waals surface area contributed by atoms with Gasteiger partial charge in [0.1, 0.15) is 0 Å². The van der Waals surface area contributed by atoms with Crippen LogP contribution in [-0.4, -0.2) is 36.5 Å². The molecule has 0 bridgehead atoms. The van der Waals surface area contributed by atoms with Crippen molar-refractivity contribution in [1.82, 2.24) is 4.90 Å². The van der Waals surface area contributed by atoms with E-state index in [0.717, 1.165) is 18.4 Å². The normalized spacial score (nSPS) is 18.9. The third kappa shape index (κ3) is 4.20. The molecule has 22 heavy (non-hydrogen) atoms. The molecular formula is C18H23NO3. The molecule has 1 saturated heterocycles. The molecule has 0 N–H and O–H groups in total. The average Bonchev–Trinajstić information content (AvgIpc) is 2.55. The molecule has 0 aromatic heterocycles. The predicted molar refractivity (Wildman–Crippen MR) is 86.0 cm³/mol. The van der Waals surface area contributed by atoms with Crippen LogP contribution in [0.2, 0.25) is 0 Å². The Bertz CT molecular complexity index is 551. The fourth-order valence-electron chi connectivity index (χ4n) is 2.72. The van der Waals surface area contributed by atoms with Crippen molar-refractivity contribution in [2.24, 2.45) is 5.92 Å². The lowest BCUT2D eigenvalue weighted by molar-refractivity contribution is -0.150. The fourth-order valence-corrected chi connectivity index (χ4v) is 2.72. The SMILES string of the molecule is CCOC(=O)C1CCCN(C(=O)/C(C)=C\c2ccccc2)C1. The number of ether oxygens (including phenoxy) is 1. The summed E-state index contributed by atoms with van der Waals surface area (Å²) in [6.07, 6.45) is 3.52. The summed E-state index contributed by atoms with van der Waals surface area (Å²) in [6, 6.07) is 9.77. The van der Waals surface area contributed by atoms with Crippen molar-refractivity contribution in [3.05, 3.63) is 41.5 Å². The topological polar surface area (TPSA) is 46.6 Å². The molecule has 1 fully saturated rings. The summed E-state index contributed by atoms with van der Waals surface area (Å²) in [6.45, 7) is 5.17. The van der Waals surface area contributed by atoms with Crippen LogP contribution >= 0.6 is 0 Å². The molecule has 0 spiro atoms. The van der Waals surface area contributed by atoms with Crippen molar-refractivity contribution in [3.63, 3.8) is 0 Å². The number of carbonyl (C=O) groups is 2. The molecule has 2 rings (SSSR count). The van der Waals surface area contributed by atoms with Gasteiger partial charge in [-0.15, -0.1) is 0 Å². The standard InChI is InChI=1S/C18H23NO3/c1-3-22-18(21)16-10-7-11-19(13-16)17(20)14(2)12-15-8-5-4-6-9-15/h4-6,8-9,12,16H,3,7,10-11,13H2,1-2H3/b14-12-. The van der Waals surface area contributed by atoms with E-state index in [1.165, 1.54) is 0 Å². The van der Waals surface area contributed by atoms with Crippen LogP contribution in [-0.2, 0) is 14.3 Å². The molecule has 1 aromatic carbocycles. The van der Waals surface area contributed by atoms with Crippen LogP contribution in [0.1, 0.15) is 32.3 Å². The number of nitrogens with zero attached hydrogens (tertiary/aromatic N) is 1. The number of carbonyl (C=O) groups excluding carboxylic acids is 2. The van der Waals surface area contributed by atoms with Crippen LogP contribution in [0, 0.1) is 5.92 Å². The van der Waals surface area contributed by atoms with Crippen LogP contribution in [0.4, 0.5) is 0 Å². The van der Waals surface area contributed by atoms with E-state index < -0.39 is 0 Å². The minimum absolute atomic E-state index is 0.00199. The predicted octanol–water partition coefficient (Wildman–Crippen LogP) is 2.89. The Morgan fingerprint density at radius 2 is 2.05 bits per heavy atom. The second-order valence-electron chi connectivity index (χ2n) is 5.58. The van der Waals surface area contributed by atoms with Crippen LogP contribution in [0.25, 0.3) is 6.08 Å². The molecule has 0 radical (unpaired) electrons. The van der Waals surface area contributed by atoms with Crippen LogP contribution in [0.15, 0.2) is 35.9 Å². The van der Waals surface area contributed by atoms with Crippen LogP contribution in [0.5, 0.6) is 0 Å². The number of benzene rings is 1. The molecule has 0 saturated carbocycles. The summed E-state index contributed by atoms with van der Waals surface area (Å²) in [5.41, 5.74) is 1.70. The van der Waals surface area contributed by atoms with Gasteiger partial charge in [0, 0.05) is 18.7 Å². The molecule has 1 aliphatic rings. The van der Waals surface area contributed by atoms with Gasteiger partial charge in [-0.25, -0.2) is 0 Å². The second-order valence-corrected chi connectivity index (χ2v) is 5.58. The van der Waals surface area contributed by atoms with Gasteiger partial charge in [0.05, 0.1) is 12.5 Å². The van der Waals surface area contributed by atoms with Gasteiger partial charge in [-0.3, -0.25) is 9.59 Å². The van der Waals surface area contributed by atoms with Gasteiger partial charge >= 0.3 is 5.97 Å². The smallest absolute Gasteiger partial charge is 0.310 e. The van der Waals surface area contributed by atoms with Crippen molar-refractivity contribution in [3.8, 4) is 0 Å². The average molecular weight is 301 g/mol. The monoisotopic (exact) mass is 301 g/mol. The number of rotatable bonds is 4. The van der Waals surface area contributed by atoms with Gasteiger partial charge < -0.3 is 9.64 Å². The lowest BCUT2D eigenvalue weighted by Gasteiger charge is -2.31. The molecule has 1 aromatic rings. The van der Waals surface area contributed by atoms with E-state index in [1.807, 2.05) is 43.3 Å². The molecule has 1 heterocycles. The summed E-state index contributed by atoms with van der Waals surface area (Å²) in [7, 11) is 0. The Morgan fingerprint density at radius 1 is 1.32 bits per heavy atom. The largest absolute Gasteiger partial charge is 0.466 e. The third-order valence-corrected chi connectivity index (χ3v) is 3.85. The maximum absolute atomic E-state index is 12.5. The van der Waals surface area contributed by atoms with Gasteiger partial charge in [-0.2, -0.15) is 0 Å². The van der Waals surface area contributed by atoms with E-state index in [9.17, 15) is 9.59 Å². The maximum atomic E-state index is 12.5. The number of esters is 1. The Balaban J connectivity index is 2.02. The second kappa shape index (κ2) is 7.78. The van der Waals surface area contributed by atoms with Gasteiger partial charge in [-0.1, -0.05) is 30.3 Å². The number of hydrogen-bond acceptors (Lipinski definition) is 3. The zero-order valence-corrected chi connectivity index (χ0v) is 13.2. The summed E-state index contributed by atoms with van der Waals surface area (Å²) in [5.74, 6) is -0.385. The molecule has 1 aliphatic heterocycles. The maximum Gasteiger partial charge on any atom is 0.310 e. The van der Waals surface area contributed by atoms with Crippen molar-refractivity contribution < 1.29 is 14.3 Å². The Hall–Kier alpha value is -2.10. The number of likely N-dealkylation sites (tertiary alicyclic amines) is 1. The number of piperidine rings is 1. The molecule has 1 amide bonds. The van der Waals surface area contributed by atoms with Crippen LogP contribution in [0.3, 0.4) is 0 Å². The Kier molecular flexibility index (Phi) is 5.75. The fraction of sp³-hybridized carbons (Fsp3) is 0.444. The first-order valence-electron chi connectivity index (χ1n) is 7.81. The summed E-state index contributed by atoms with van der Waals surface area (Å²) in [5, 5.41) is 0. The van der Waals surface area contributed by atoms with E-state index in [-0.39, 0.29) is 17.8 Å². The van der Waals surface area contributed by atoms with Crippen LogP contribution < -0.4 is 0 Å². The van der Waals surface area contributed by atoms with E-state index in [2.05, 4.69) is 0 Å². The molecule has 0 aliphatic carbocycles. The van der Waals surface area contributed by atoms with E-state index >= 15 is 0 Å². The number of hydrogen-bond donors (Lipinski definition) is 0. The number of amides is 1. The van der Waals surface area contributed by atoms with Crippen molar-refractivity contribution in [2.45, 2.75) is 26.7 Å². The Morgan fingerprint density at radius 3 is 2.73 bits per heavy atom. The highest BCUT2D eigenvalue weighted by Crippen LogP contribution is 2.20. The van der Waals surface area contributed by atoms with Gasteiger partial charge in [0.15, 0.2) is 0 Å². The zero-order valence-electron chi connectivity index (χ0n) is 13.2. The van der Waals surface area contributed by atoms with E-state index in [4.69, 9.17) is 4.74 Å². The first-order valence-corrected chi connectivity index (χ1v) is 7.81. The van der Waals surface area contributed by atoms with E-state index in [1.54, 1.807) is 11.8 Å². The lowest BCUT2D eigenvalue weighted by Crippen LogP contribution is -2.43. The minimum Gasteiger partial charge on any atom is -0.466 e. The first-order chi connectivity index (χ1) is 10.6. The van der Waals surface area contributed by atoms with Crippen molar-refractivity contribution in [2.75, 3.05) is 19.7 Å². The van der Waals surface area contributed by atoms with Gasteiger partial charge in [0.2, 0.25) is 5.91 Å². The highest BCUT2D eigenvalue weighted by Gasteiger charge is 2.29. The summed E-state index contributed by atoms with van der Waals surface area (Å²) in [4.78, 5) is 26.2. The lowest BCUT2D eigenvalue weighted by atomic mass is 9.97. The van der Waals surface area contributed by atoms with E-state index in [0.29, 0.717) is 25.3 Å². The quantitative estimate of drug-likeness (QED) is 0.634. The molecule has 1 atom stereocenters. The molecule has 1 unspecified atom stereocenters. The summed E-state index contributed by atoms with van der Waals surface area (Å²) >= 11 is 0. The zero-order chi connectivity index (χ0) is 15.9. The molecule has 4 nitrogen and oxygen atoms in total.